The number of aryl methyl sites for hydroxylation is 1. The molecule has 0 spiro atoms. The Morgan fingerprint density at radius 1 is 1.27 bits per heavy atom. The van der Waals surface area contributed by atoms with Crippen molar-refractivity contribution in [3.05, 3.63) is 57.6 Å². The zero-order valence-electron chi connectivity index (χ0n) is 16.8. The van der Waals surface area contributed by atoms with Crippen LogP contribution in [0.25, 0.3) is 11.8 Å². The van der Waals surface area contributed by atoms with Gasteiger partial charge in [0, 0.05) is 23.0 Å². The Bertz CT molecular complexity index is 1190. The lowest BCUT2D eigenvalue weighted by Gasteiger charge is -2.20. The number of benzene rings is 1. The van der Waals surface area contributed by atoms with Crippen LogP contribution in [0.4, 0.5) is 4.39 Å². The molecule has 1 aromatic carbocycles. The number of aliphatic imine (C=N–C) groups is 1. The van der Waals surface area contributed by atoms with Crippen LogP contribution in [0, 0.1) is 31.0 Å². The van der Waals surface area contributed by atoms with Crippen LogP contribution in [-0.2, 0) is 4.79 Å². The number of carbonyl (C=O) groups is 1. The number of hydrogen-bond donors (Lipinski definition) is 1. The van der Waals surface area contributed by atoms with Crippen molar-refractivity contribution in [1.29, 1.82) is 5.41 Å². The highest BCUT2D eigenvalue weighted by atomic mass is 35.5. The van der Waals surface area contributed by atoms with E-state index >= 15 is 0 Å². The Kier molecular flexibility index (Phi) is 5.15. The minimum atomic E-state index is -0.482. The second kappa shape index (κ2) is 7.52. The number of fused-ring (bicyclic) bond motifs is 1. The van der Waals surface area contributed by atoms with Crippen molar-refractivity contribution in [2.75, 3.05) is 0 Å². The minimum absolute atomic E-state index is 0.00257. The van der Waals surface area contributed by atoms with Crippen molar-refractivity contribution in [2.45, 2.75) is 27.7 Å². The summed E-state index contributed by atoms with van der Waals surface area (Å²) in [5.74, 6) is -0.763. The Morgan fingerprint density at radius 2 is 2.00 bits per heavy atom. The third-order valence-corrected chi connectivity index (χ3v) is 6.39. The van der Waals surface area contributed by atoms with Crippen LogP contribution in [0.15, 0.2) is 39.9 Å². The first kappa shape index (κ1) is 20.6. The van der Waals surface area contributed by atoms with Crippen LogP contribution in [0.2, 0.25) is 5.02 Å². The molecule has 0 saturated carbocycles. The third kappa shape index (κ3) is 3.40. The number of nitrogens with one attached hydrogen (secondary N) is 1. The maximum absolute atomic E-state index is 13.6. The highest BCUT2D eigenvalue weighted by molar-refractivity contribution is 8.27. The molecule has 9 heteroatoms. The molecule has 6 nitrogen and oxygen atoms in total. The maximum Gasteiger partial charge on any atom is 0.283 e. The lowest BCUT2D eigenvalue weighted by atomic mass is 10.1. The quantitative estimate of drug-likeness (QED) is 0.665. The predicted molar refractivity (Wildman–Crippen MR) is 120 cm³/mol. The van der Waals surface area contributed by atoms with Crippen LogP contribution in [-0.4, -0.2) is 31.5 Å². The second-order valence-electron chi connectivity index (χ2n) is 7.37. The summed E-state index contributed by atoms with van der Waals surface area (Å²) in [5.41, 5.74) is 3.37. The molecule has 154 valence electrons. The summed E-state index contributed by atoms with van der Waals surface area (Å²) < 4.78 is 15.5. The van der Waals surface area contributed by atoms with Crippen molar-refractivity contribution in [3.63, 3.8) is 0 Å². The molecule has 1 aromatic heterocycles. The van der Waals surface area contributed by atoms with Gasteiger partial charge in [-0.3, -0.25) is 10.2 Å². The van der Waals surface area contributed by atoms with Crippen LogP contribution >= 0.6 is 23.4 Å². The van der Waals surface area contributed by atoms with E-state index in [1.807, 2.05) is 38.3 Å². The van der Waals surface area contributed by atoms with Crippen LogP contribution in [0.1, 0.15) is 30.8 Å². The number of hydrogen-bond acceptors (Lipinski definition) is 4. The van der Waals surface area contributed by atoms with Gasteiger partial charge in [-0.2, -0.15) is 15.1 Å². The predicted octanol–water partition coefficient (Wildman–Crippen LogP) is 5.16. The number of rotatable bonds is 3. The molecule has 2 aliphatic rings. The van der Waals surface area contributed by atoms with E-state index in [4.69, 9.17) is 17.0 Å². The molecule has 0 aliphatic carbocycles. The van der Waals surface area contributed by atoms with E-state index < -0.39 is 11.7 Å². The summed E-state index contributed by atoms with van der Waals surface area (Å²) in [4.78, 5) is 16.8. The average molecular weight is 444 g/mol. The van der Waals surface area contributed by atoms with Crippen molar-refractivity contribution in [3.8, 4) is 5.69 Å². The Morgan fingerprint density at radius 3 is 2.67 bits per heavy atom. The van der Waals surface area contributed by atoms with E-state index in [-0.39, 0.29) is 22.3 Å². The molecule has 2 aliphatic heterocycles. The molecule has 0 radical (unpaired) electrons. The first-order valence-electron chi connectivity index (χ1n) is 9.32. The number of nitrogens with zero attached hydrogens (tertiary/aromatic N) is 4. The van der Waals surface area contributed by atoms with E-state index in [2.05, 4.69) is 10.1 Å². The van der Waals surface area contributed by atoms with Gasteiger partial charge in [0.05, 0.1) is 10.6 Å². The van der Waals surface area contributed by atoms with Gasteiger partial charge in [0.1, 0.15) is 10.9 Å². The zero-order chi connectivity index (χ0) is 21.7. The monoisotopic (exact) mass is 443 g/mol. The van der Waals surface area contributed by atoms with Crippen molar-refractivity contribution < 1.29 is 9.18 Å². The smallest absolute Gasteiger partial charge is 0.283 e. The van der Waals surface area contributed by atoms with E-state index in [9.17, 15) is 9.18 Å². The van der Waals surface area contributed by atoms with Crippen molar-refractivity contribution in [2.24, 2.45) is 16.0 Å². The molecule has 0 atom stereocenters. The fourth-order valence-electron chi connectivity index (χ4n) is 3.35. The summed E-state index contributed by atoms with van der Waals surface area (Å²) in [6, 6.07) is 6.43. The molecule has 0 unspecified atom stereocenters. The Labute approximate surface area is 182 Å². The van der Waals surface area contributed by atoms with Crippen molar-refractivity contribution >= 4 is 51.4 Å². The second-order valence-corrected chi connectivity index (χ2v) is 8.77. The molecule has 3 heterocycles. The normalized spacial score (nSPS) is 17.7. The summed E-state index contributed by atoms with van der Waals surface area (Å²) in [7, 11) is 0. The first-order chi connectivity index (χ1) is 14.2. The number of carbonyl (C=O) groups excluding carboxylic acids is 1. The van der Waals surface area contributed by atoms with E-state index in [0.29, 0.717) is 10.9 Å². The van der Waals surface area contributed by atoms with Gasteiger partial charge >= 0.3 is 0 Å². The number of halogens is 2. The molecule has 0 bridgehead atoms. The summed E-state index contributed by atoms with van der Waals surface area (Å²) in [6.45, 7) is 7.81. The molecule has 1 N–H and O–H groups in total. The van der Waals surface area contributed by atoms with Crippen molar-refractivity contribution in [1.82, 2.24) is 9.58 Å². The fraction of sp³-hybridized carbons (Fsp3) is 0.238. The summed E-state index contributed by atoms with van der Waals surface area (Å²) >= 11 is 7.26. The standard InChI is InChI=1S/C21H19ClFN5OS/c1-10(2)20-26-28-18(24)15(19(29)25-21(28)30-20)8-13-7-11(3)27(12(13)4)14-5-6-17(23)16(22)9-14/h5-10,24H,1-4H3/b15-8+,24-18?. The number of thioether (sulfide) groups is 1. The van der Waals surface area contributed by atoms with Gasteiger partial charge in [0.15, 0.2) is 5.84 Å². The van der Waals surface area contributed by atoms with Gasteiger partial charge in [-0.15, -0.1) is 0 Å². The van der Waals surface area contributed by atoms with Gasteiger partial charge in [-0.1, -0.05) is 25.4 Å². The van der Waals surface area contributed by atoms with Gasteiger partial charge in [0.2, 0.25) is 5.17 Å². The van der Waals surface area contributed by atoms with Gasteiger partial charge < -0.3 is 4.57 Å². The number of amidine groups is 2. The Balaban J connectivity index is 1.75. The SMILES string of the molecule is Cc1cc(/C=C2\C(=N)N3N=C(C(C)C)SC3=NC2=O)c(C)n1-c1ccc(F)c(Cl)c1. The van der Waals surface area contributed by atoms with Gasteiger partial charge in [-0.25, -0.2) is 4.39 Å². The van der Waals surface area contributed by atoms with Crippen LogP contribution in [0.3, 0.4) is 0 Å². The summed E-state index contributed by atoms with van der Waals surface area (Å²) in [6.07, 6.45) is 1.66. The highest BCUT2D eigenvalue weighted by Gasteiger charge is 2.36. The fourth-order valence-corrected chi connectivity index (χ4v) is 4.42. The first-order valence-corrected chi connectivity index (χ1v) is 10.5. The molecule has 0 fully saturated rings. The van der Waals surface area contributed by atoms with Gasteiger partial charge in [0.25, 0.3) is 5.91 Å². The van der Waals surface area contributed by atoms with Crippen LogP contribution < -0.4 is 0 Å². The molecule has 0 saturated heterocycles. The Hall–Kier alpha value is -2.71. The van der Waals surface area contributed by atoms with E-state index in [1.165, 1.54) is 22.8 Å². The lowest BCUT2D eigenvalue weighted by molar-refractivity contribution is -0.114. The molecule has 4 rings (SSSR count). The third-order valence-electron chi connectivity index (χ3n) is 4.90. The number of hydrazone groups is 1. The van der Waals surface area contributed by atoms with Gasteiger partial charge in [-0.05, 0) is 61.5 Å². The maximum atomic E-state index is 13.6. The average Bonchev–Trinajstić information content (AvgIpc) is 3.22. The molecular weight excluding hydrogens is 425 g/mol. The van der Waals surface area contributed by atoms with E-state index in [1.54, 1.807) is 18.2 Å². The molecule has 30 heavy (non-hydrogen) atoms. The number of aromatic nitrogens is 1. The molecule has 1 amide bonds. The highest BCUT2D eigenvalue weighted by Crippen LogP contribution is 2.32. The topological polar surface area (TPSA) is 73.8 Å². The van der Waals surface area contributed by atoms with E-state index in [0.717, 1.165) is 22.0 Å². The molecule has 2 aromatic rings. The molecular formula is C21H19ClFN5OS. The largest absolute Gasteiger partial charge is 0.318 e. The number of amides is 1. The lowest BCUT2D eigenvalue weighted by Crippen LogP contribution is -2.35. The minimum Gasteiger partial charge on any atom is -0.318 e. The summed E-state index contributed by atoms with van der Waals surface area (Å²) in [5, 5.41) is 15.6. The van der Waals surface area contributed by atoms with Crippen LogP contribution in [0.5, 0.6) is 0 Å². The zero-order valence-corrected chi connectivity index (χ0v) is 18.4.